The Balaban J connectivity index is 1.61. The van der Waals surface area contributed by atoms with Crippen molar-refractivity contribution in [2.45, 2.75) is 38.6 Å². The Morgan fingerprint density at radius 2 is 2.00 bits per heavy atom. The van der Waals surface area contributed by atoms with Crippen molar-refractivity contribution < 1.29 is 4.79 Å². The van der Waals surface area contributed by atoms with Crippen LogP contribution in [0.4, 0.5) is 0 Å². The van der Waals surface area contributed by atoms with E-state index in [9.17, 15) is 4.79 Å². The topological polar surface area (TPSA) is 29.1 Å². The van der Waals surface area contributed by atoms with Crippen LogP contribution in [0.3, 0.4) is 0 Å². The number of hydrogen-bond donors (Lipinski definition) is 1. The zero-order valence-electron chi connectivity index (χ0n) is 11.2. The van der Waals surface area contributed by atoms with E-state index in [0.29, 0.717) is 16.5 Å². The summed E-state index contributed by atoms with van der Waals surface area (Å²) in [5.41, 5.74) is 0.694. The van der Waals surface area contributed by atoms with Crippen LogP contribution in [0.5, 0.6) is 0 Å². The van der Waals surface area contributed by atoms with Crippen LogP contribution in [0.1, 0.15) is 43.0 Å². The summed E-state index contributed by atoms with van der Waals surface area (Å²) in [5.74, 6) is 2.46. The van der Waals surface area contributed by atoms with E-state index in [4.69, 9.17) is 11.6 Å². The van der Waals surface area contributed by atoms with Crippen molar-refractivity contribution >= 4 is 17.5 Å². The van der Waals surface area contributed by atoms with Gasteiger partial charge in [0.15, 0.2) is 0 Å². The molecule has 0 saturated heterocycles. The van der Waals surface area contributed by atoms with Gasteiger partial charge in [-0.05, 0) is 68.2 Å². The second-order valence-corrected chi connectivity index (χ2v) is 6.54. The summed E-state index contributed by atoms with van der Waals surface area (Å²) in [6.45, 7) is 2.15. The Labute approximate surface area is 119 Å². The highest BCUT2D eigenvalue weighted by atomic mass is 35.5. The third-order valence-electron chi connectivity index (χ3n) is 4.90. The standard InChI is InChI=1S/C16H20ClNO/c1-10(15-9-11-2-3-13(15)8-11)18-16(19)12-4-6-14(17)7-5-12/h4-7,10-11,13,15H,2-3,8-9H2,1H3,(H,18,19)/t10-,11+,13-,15+/m0/s1. The number of hydrogen-bond acceptors (Lipinski definition) is 1. The highest BCUT2D eigenvalue weighted by molar-refractivity contribution is 6.30. The molecule has 19 heavy (non-hydrogen) atoms. The summed E-state index contributed by atoms with van der Waals surface area (Å²) in [4.78, 5) is 12.2. The highest BCUT2D eigenvalue weighted by Gasteiger charge is 2.42. The molecule has 3 heteroatoms. The molecular formula is C16H20ClNO. The molecule has 1 amide bonds. The average molecular weight is 278 g/mol. The van der Waals surface area contributed by atoms with E-state index >= 15 is 0 Å². The summed E-state index contributed by atoms with van der Waals surface area (Å²) < 4.78 is 0. The van der Waals surface area contributed by atoms with Crippen molar-refractivity contribution in [2.24, 2.45) is 17.8 Å². The van der Waals surface area contributed by atoms with Crippen molar-refractivity contribution in [1.82, 2.24) is 5.32 Å². The summed E-state index contributed by atoms with van der Waals surface area (Å²) in [6, 6.07) is 7.37. The number of carbonyl (C=O) groups is 1. The first-order valence-electron chi connectivity index (χ1n) is 7.20. The molecule has 1 aromatic rings. The summed E-state index contributed by atoms with van der Waals surface area (Å²) in [5, 5.41) is 3.82. The molecule has 2 fully saturated rings. The quantitative estimate of drug-likeness (QED) is 0.892. The van der Waals surface area contributed by atoms with Crippen LogP contribution in [0.2, 0.25) is 5.02 Å². The van der Waals surface area contributed by atoms with Gasteiger partial charge in [0.2, 0.25) is 0 Å². The molecule has 0 spiro atoms. The molecule has 0 heterocycles. The number of fused-ring (bicyclic) bond motifs is 2. The maximum atomic E-state index is 12.2. The minimum absolute atomic E-state index is 0.0203. The maximum absolute atomic E-state index is 12.2. The van der Waals surface area contributed by atoms with E-state index in [1.165, 1.54) is 25.7 Å². The number of rotatable bonds is 3. The van der Waals surface area contributed by atoms with Crippen molar-refractivity contribution in [2.75, 3.05) is 0 Å². The normalized spacial score (nSPS) is 30.3. The monoisotopic (exact) mass is 277 g/mol. The van der Waals surface area contributed by atoms with E-state index < -0.39 is 0 Å². The fourth-order valence-electron chi connectivity index (χ4n) is 3.90. The highest BCUT2D eigenvalue weighted by Crippen LogP contribution is 2.49. The lowest BCUT2D eigenvalue weighted by molar-refractivity contribution is 0.0915. The summed E-state index contributed by atoms with van der Waals surface area (Å²) >= 11 is 5.84. The molecule has 2 bridgehead atoms. The largest absolute Gasteiger partial charge is 0.349 e. The number of benzene rings is 1. The van der Waals surface area contributed by atoms with Gasteiger partial charge in [-0.15, -0.1) is 0 Å². The fourth-order valence-corrected chi connectivity index (χ4v) is 4.03. The van der Waals surface area contributed by atoms with Gasteiger partial charge >= 0.3 is 0 Å². The molecule has 102 valence electrons. The van der Waals surface area contributed by atoms with Gasteiger partial charge in [0.1, 0.15) is 0 Å². The maximum Gasteiger partial charge on any atom is 0.251 e. The zero-order chi connectivity index (χ0) is 13.4. The van der Waals surface area contributed by atoms with Gasteiger partial charge in [-0.25, -0.2) is 0 Å². The predicted octanol–water partition coefficient (Wildman–Crippen LogP) is 3.89. The average Bonchev–Trinajstić information content (AvgIpc) is 3.01. The molecule has 2 aliphatic carbocycles. The van der Waals surface area contributed by atoms with Crippen LogP contribution in [0.25, 0.3) is 0 Å². The second kappa shape index (κ2) is 5.16. The van der Waals surface area contributed by atoms with Gasteiger partial charge in [-0.2, -0.15) is 0 Å². The first-order chi connectivity index (χ1) is 9.13. The van der Waals surface area contributed by atoms with Gasteiger partial charge in [-0.1, -0.05) is 18.0 Å². The first-order valence-corrected chi connectivity index (χ1v) is 7.57. The summed E-state index contributed by atoms with van der Waals surface area (Å²) in [6.07, 6.45) is 5.44. The lowest BCUT2D eigenvalue weighted by Crippen LogP contribution is -2.40. The van der Waals surface area contributed by atoms with Gasteiger partial charge in [0, 0.05) is 16.6 Å². The second-order valence-electron chi connectivity index (χ2n) is 6.11. The fraction of sp³-hybridized carbons (Fsp3) is 0.562. The number of amides is 1. The van der Waals surface area contributed by atoms with Crippen molar-refractivity contribution in [3.63, 3.8) is 0 Å². The van der Waals surface area contributed by atoms with Gasteiger partial charge in [-0.3, -0.25) is 4.79 Å². The number of nitrogens with one attached hydrogen (secondary N) is 1. The molecule has 1 aromatic carbocycles. The van der Waals surface area contributed by atoms with Crippen LogP contribution in [-0.2, 0) is 0 Å². The third kappa shape index (κ3) is 2.64. The van der Waals surface area contributed by atoms with Crippen molar-refractivity contribution in [3.05, 3.63) is 34.9 Å². The SMILES string of the molecule is C[C@H](NC(=O)c1ccc(Cl)cc1)[C@H]1C[C@@H]2CC[C@H]1C2. The molecule has 3 rings (SSSR count). The minimum atomic E-state index is 0.0203. The van der Waals surface area contributed by atoms with E-state index in [0.717, 1.165) is 11.8 Å². The molecule has 0 radical (unpaired) electrons. The van der Waals surface area contributed by atoms with Gasteiger partial charge < -0.3 is 5.32 Å². The van der Waals surface area contributed by atoms with Crippen LogP contribution >= 0.6 is 11.6 Å². The lowest BCUT2D eigenvalue weighted by atomic mass is 9.84. The smallest absolute Gasteiger partial charge is 0.251 e. The molecule has 2 aliphatic rings. The van der Waals surface area contributed by atoms with E-state index in [1.54, 1.807) is 24.3 Å². The van der Waals surface area contributed by atoms with Gasteiger partial charge in [0.25, 0.3) is 5.91 Å². The molecule has 0 unspecified atom stereocenters. The summed E-state index contributed by atoms with van der Waals surface area (Å²) in [7, 11) is 0. The molecular weight excluding hydrogens is 258 g/mol. The molecule has 4 atom stereocenters. The van der Waals surface area contributed by atoms with E-state index in [-0.39, 0.29) is 11.9 Å². The lowest BCUT2D eigenvalue weighted by Gasteiger charge is -2.28. The van der Waals surface area contributed by atoms with Crippen molar-refractivity contribution in [1.29, 1.82) is 0 Å². The number of halogens is 1. The molecule has 0 aliphatic heterocycles. The van der Waals surface area contributed by atoms with Crippen molar-refractivity contribution in [3.8, 4) is 0 Å². The van der Waals surface area contributed by atoms with E-state index in [1.807, 2.05) is 0 Å². The predicted molar refractivity (Wildman–Crippen MR) is 77.3 cm³/mol. The molecule has 1 N–H and O–H groups in total. The molecule has 2 nitrogen and oxygen atoms in total. The molecule has 0 aromatic heterocycles. The van der Waals surface area contributed by atoms with E-state index in [2.05, 4.69) is 12.2 Å². The Bertz CT molecular complexity index is 470. The Morgan fingerprint density at radius 1 is 1.26 bits per heavy atom. The van der Waals surface area contributed by atoms with Crippen LogP contribution in [0, 0.1) is 17.8 Å². The minimum Gasteiger partial charge on any atom is -0.349 e. The Kier molecular flexibility index (Phi) is 3.53. The third-order valence-corrected chi connectivity index (χ3v) is 5.15. The van der Waals surface area contributed by atoms with Crippen LogP contribution in [0.15, 0.2) is 24.3 Å². The number of carbonyl (C=O) groups excluding carboxylic acids is 1. The molecule has 2 saturated carbocycles. The Hall–Kier alpha value is -1.02. The Morgan fingerprint density at radius 3 is 2.58 bits per heavy atom. The first kappa shape index (κ1) is 13.0. The van der Waals surface area contributed by atoms with Crippen LogP contribution < -0.4 is 5.32 Å². The van der Waals surface area contributed by atoms with Gasteiger partial charge in [0.05, 0.1) is 0 Å². The van der Waals surface area contributed by atoms with Crippen LogP contribution in [-0.4, -0.2) is 11.9 Å². The zero-order valence-corrected chi connectivity index (χ0v) is 12.0.